The SMILES string of the molecule is COCCc1cc2c(=O)n(C(C)CO)cnc2c(-c2cccnc2)n1. The van der Waals surface area contributed by atoms with Crippen LogP contribution >= 0.6 is 0 Å². The molecule has 0 aliphatic heterocycles. The van der Waals surface area contributed by atoms with Crippen molar-refractivity contribution in [1.82, 2.24) is 19.5 Å². The molecular formula is C18H20N4O3. The minimum Gasteiger partial charge on any atom is -0.394 e. The summed E-state index contributed by atoms with van der Waals surface area (Å²) in [6.07, 6.45) is 5.43. The first-order chi connectivity index (χ1) is 12.2. The lowest BCUT2D eigenvalue weighted by Gasteiger charge is -2.14. The number of aromatic nitrogens is 4. The molecule has 0 aliphatic rings. The quantitative estimate of drug-likeness (QED) is 0.733. The molecule has 7 heteroatoms. The maximum atomic E-state index is 12.9. The Bertz CT molecular complexity index is 925. The average molecular weight is 340 g/mol. The highest BCUT2D eigenvalue weighted by Crippen LogP contribution is 2.24. The van der Waals surface area contributed by atoms with Gasteiger partial charge in [0.05, 0.1) is 36.7 Å². The highest BCUT2D eigenvalue weighted by atomic mass is 16.5. The Morgan fingerprint density at radius 3 is 2.92 bits per heavy atom. The summed E-state index contributed by atoms with van der Waals surface area (Å²) >= 11 is 0. The van der Waals surface area contributed by atoms with E-state index in [0.29, 0.717) is 29.6 Å². The van der Waals surface area contributed by atoms with Gasteiger partial charge in [0.2, 0.25) is 0 Å². The third kappa shape index (κ3) is 3.42. The molecule has 25 heavy (non-hydrogen) atoms. The maximum Gasteiger partial charge on any atom is 0.261 e. The van der Waals surface area contributed by atoms with E-state index in [9.17, 15) is 9.90 Å². The second-order valence-electron chi connectivity index (χ2n) is 5.83. The van der Waals surface area contributed by atoms with Crippen LogP contribution in [0, 0.1) is 0 Å². The Hall–Kier alpha value is -2.64. The van der Waals surface area contributed by atoms with Crippen LogP contribution in [0.15, 0.2) is 41.7 Å². The van der Waals surface area contributed by atoms with Crippen LogP contribution in [-0.2, 0) is 11.2 Å². The molecule has 0 aliphatic carbocycles. The second kappa shape index (κ2) is 7.50. The van der Waals surface area contributed by atoms with Gasteiger partial charge in [-0.3, -0.25) is 19.3 Å². The van der Waals surface area contributed by atoms with E-state index in [2.05, 4.69) is 15.0 Å². The van der Waals surface area contributed by atoms with E-state index in [0.717, 1.165) is 11.3 Å². The molecule has 3 aromatic heterocycles. The molecule has 7 nitrogen and oxygen atoms in total. The van der Waals surface area contributed by atoms with Crippen LogP contribution in [0.4, 0.5) is 0 Å². The lowest BCUT2D eigenvalue weighted by Crippen LogP contribution is -2.26. The van der Waals surface area contributed by atoms with Crippen molar-refractivity contribution in [3.8, 4) is 11.3 Å². The monoisotopic (exact) mass is 340 g/mol. The van der Waals surface area contributed by atoms with Crippen LogP contribution in [0.5, 0.6) is 0 Å². The van der Waals surface area contributed by atoms with Gasteiger partial charge in [0.15, 0.2) is 0 Å². The summed E-state index contributed by atoms with van der Waals surface area (Å²) < 4.78 is 6.57. The molecule has 1 N–H and O–H groups in total. The third-order valence-corrected chi connectivity index (χ3v) is 4.06. The molecule has 0 aromatic carbocycles. The van der Waals surface area contributed by atoms with Crippen LogP contribution in [0.1, 0.15) is 18.7 Å². The molecule has 0 amide bonds. The lowest BCUT2D eigenvalue weighted by molar-refractivity contribution is 0.201. The lowest BCUT2D eigenvalue weighted by atomic mass is 10.1. The molecule has 1 atom stereocenters. The Labute approximate surface area is 145 Å². The summed E-state index contributed by atoms with van der Waals surface area (Å²) in [5.41, 5.74) is 2.50. The molecule has 3 heterocycles. The van der Waals surface area contributed by atoms with Crippen molar-refractivity contribution < 1.29 is 9.84 Å². The smallest absolute Gasteiger partial charge is 0.261 e. The van der Waals surface area contributed by atoms with Crippen molar-refractivity contribution in [2.24, 2.45) is 0 Å². The maximum absolute atomic E-state index is 12.9. The van der Waals surface area contributed by atoms with E-state index in [4.69, 9.17) is 4.74 Å². The van der Waals surface area contributed by atoms with E-state index < -0.39 is 0 Å². The summed E-state index contributed by atoms with van der Waals surface area (Å²) in [7, 11) is 1.63. The first kappa shape index (κ1) is 17.2. The molecule has 3 aromatic rings. The van der Waals surface area contributed by atoms with Crippen molar-refractivity contribution in [1.29, 1.82) is 0 Å². The van der Waals surface area contributed by atoms with E-state index in [-0.39, 0.29) is 18.2 Å². The van der Waals surface area contributed by atoms with Gasteiger partial charge in [0, 0.05) is 37.2 Å². The summed E-state index contributed by atoms with van der Waals surface area (Å²) in [5, 5.41) is 9.84. The van der Waals surface area contributed by atoms with Gasteiger partial charge in [0.1, 0.15) is 5.52 Å². The zero-order valence-corrected chi connectivity index (χ0v) is 14.2. The Kier molecular flexibility index (Phi) is 5.16. The van der Waals surface area contributed by atoms with Crippen molar-refractivity contribution in [3.05, 3.63) is 53.0 Å². The largest absolute Gasteiger partial charge is 0.394 e. The normalized spacial score (nSPS) is 12.4. The van der Waals surface area contributed by atoms with Crippen LogP contribution in [0.3, 0.4) is 0 Å². The van der Waals surface area contributed by atoms with Crippen LogP contribution in [0.25, 0.3) is 22.2 Å². The van der Waals surface area contributed by atoms with Crippen LogP contribution < -0.4 is 5.56 Å². The Morgan fingerprint density at radius 1 is 1.40 bits per heavy atom. The number of hydrogen-bond donors (Lipinski definition) is 1. The number of aliphatic hydroxyl groups is 1. The average Bonchev–Trinajstić information content (AvgIpc) is 2.66. The van der Waals surface area contributed by atoms with Crippen LogP contribution in [0.2, 0.25) is 0 Å². The number of hydrogen-bond acceptors (Lipinski definition) is 6. The van der Waals surface area contributed by atoms with E-state index in [1.54, 1.807) is 32.5 Å². The van der Waals surface area contributed by atoms with E-state index in [1.165, 1.54) is 10.9 Å². The summed E-state index contributed by atoms with van der Waals surface area (Å²) in [4.78, 5) is 26.1. The second-order valence-corrected chi connectivity index (χ2v) is 5.83. The van der Waals surface area contributed by atoms with Crippen LogP contribution in [-0.4, -0.2) is 44.9 Å². The molecule has 0 bridgehead atoms. The first-order valence-electron chi connectivity index (χ1n) is 8.06. The zero-order chi connectivity index (χ0) is 17.8. The first-order valence-corrected chi connectivity index (χ1v) is 8.06. The van der Waals surface area contributed by atoms with Gasteiger partial charge < -0.3 is 9.84 Å². The zero-order valence-electron chi connectivity index (χ0n) is 14.2. The van der Waals surface area contributed by atoms with Gasteiger partial charge in [-0.15, -0.1) is 0 Å². The number of methoxy groups -OCH3 is 1. The fourth-order valence-corrected chi connectivity index (χ4v) is 2.64. The standard InChI is InChI=1S/C18H20N4O3/c1-12(10-23)22-11-20-17-15(18(22)24)8-14(5-7-25-2)21-16(17)13-4-3-6-19-9-13/h3-4,6,8-9,11-12,23H,5,7,10H2,1-2H3. The predicted molar refractivity (Wildman–Crippen MR) is 94.4 cm³/mol. The number of pyridine rings is 2. The number of aliphatic hydroxyl groups excluding tert-OH is 1. The fourth-order valence-electron chi connectivity index (χ4n) is 2.64. The van der Waals surface area contributed by atoms with Crippen molar-refractivity contribution in [2.75, 3.05) is 20.3 Å². The number of nitrogens with zero attached hydrogens (tertiary/aromatic N) is 4. The third-order valence-electron chi connectivity index (χ3n) is 4.06. The highest BCUT2D eigenvalue weighted by Gasteiger charge is 2.15. The van der Waals surface area contributed by atoms with Crippen molar-refractivity contribution in [2.45, 2.75) is 19.4 Å². The topological polar surface area (TPSA) is 90.1 Å². The van der Waals surface area contributed by atoms with Gasteiger partial charge in [-0.25, -0.2) is 4.98 Å². The molecule has 0 radical (unpaired) electrons. The summed E-state index contributed by atoms with van der Waals surface area (Å²) in [6, 6.07) is 5.12. The highest BCUT2D eigenvalue weighted by molar-refractivity contribution is 5.90. The van der Waals surface area contributed by atoms with Gasteiger partial charge in [-0.1, -0.05) is 0 Å². The van der Waals surface area contributed by atoms with Crippen molar-refractivity contribution >= 4 is 10.9 Å². The summed E-state index contributed by atoms with van der Waals surface area (Å²) in [6.45, 7) is 2.14. The predicted octanol–water partition coefficient (Wildman–Crippen LogP) is 1.60. The number of rotatable bonds is 6. The van der Waals surface area contributed by atoms with Gasteiger partial charge in [-0.05, 0) is 25.1 Å². The molecule has 1 unspecified atom stereocenters. The molecule has 0 saturated carbocycles. The van der Waals surface area contributed by atoms with Gasteiger partial charge >= 0.3 is 0 Å². The number of fused-ring (bicyclic) bond motifs is 1. The minimum atomic E-state index is -0.346. The number of ether oxygens (including phenoxy) is 1. The molecule has 0 saturated heterocycles. The molecule has 130 valence electrons. The van der Waals surface area contributed by atoms with Gasteiger partial charge in [-0.2, -0.15) is 0 Å². The molecular weight excluding hydrogens is 320 g/mol. The Balaban J connectivity index is 2.27. The van der Waals surface area contributed by atoms with E-state index >= 15 is 0 Å². The van der Waals surface area contributed by atoms with Gasteiger partial charge in [0.25, 0.3) is 5.56 Å². The molecule has 3 rings (SSSR count). The fraction of sp³-hybridized carbons (Fsp3) is 0.333. The van der Waals surface area contributed by atoms with Crippen molar-refractivity contribution in [3.63, 3.8) is 0 Å². The Morgan fingerprint density at radius 2 is 2.24 bits per heavy atom. The molecule has 0 spiro atoms. The summed E-state index contributed by atoms with van der Waals surface area (Å²) in [5.74, 6) is 0. The van der Waals surface area contributed by atoms with E-state index in [1.807, 2.05) is 12.1 Å². The minimum absolute atomic E-state index is 0.135. The molecule has 0 fully saturated rings.